The van der Waals surface area contributed by atoms with Crippen molar-refractivity contribution in [2.24, 2.45) is 5.92 Å². The molecule has 0 aromatic heterocycles. The van der Waals surface area contributed by atoms with Crippen LogP contribution in [0.3, 0.4) is 0 Å². The maximum Gasteiger partial charge on any atom is 0.210 e. The molecule has 56 valence electrons. The molecule has 0 spiro atoms. The van der Waals surface area contributed by atoms with E-state index in [0.717, 1.165) is 0 Å². The second-order valence-electron chi connectivity index (χ2n) is 2.46. The van der Waals surface area contributed by atoms with Gasteiger partial charge in [-0.1, -0.05) is 12.2 Å². The first-order valence-corrected chi connectivity index (χ1v) is 3.16. The van der Waals surface area contributed by atoms with E-state index in [1.165, 1.54) is 0 Å². The van der Waals surface area contributed by atoms with E-state index in [1.54, 1.807) is 12.2 Å². The van der Waals surface area contributed by atoms with E-state index in [1.807, 2.05) is 0 Å². The summed E-state index contributed by atoms with van der Waals surface area (Å²) >= 11 is 0. The normalized spacial score (nSPS) is 30.9. The Bertz CT molecular complexity index is 166. The minimum atomic E-state index is -0.468. The highest BCUT2D eigenvalue weighted by atomic mass is 16.6. The van der Waals surface area contributed by atoms with Crippen LogP contribution in [0, 0.1) is 16.0 Å². The van der Waals surface area contributed by atoms with Crippen LogP contribution < -0.4 is 0 Å². The van der Waals surface area contributed by atoms with Crippen molar-refractivity contribution in [2.45, 2.75) is 12.5 Å². The first-order valence-electron chi connectivity index (χ1n) is 3.16. The first-order chi connectivity index (χ1) is 4.68. The van der Waals surface area contributed by atoms with E-state index in [2.05, 4.69) is 0 Å². The van der Waals surface area contributed by atoms with E-state index in [-0.39, 0.29) is 17.4 Å². The number of nitrogens with zero attached hydrogens (tertiary/aromatic N) is 1. The smallest absolute Gasteiger partial charge is 0.210 e. The van der Waals surface area contributed by atoms with Gasteiger partial charge in [-0.3, -0.25) is 10.1 Å². The molecule has 1 aliphatic carbocycles. The predicted molar refractivity (Wildman–Crippen MR) is 35.1 cm³/mol. The Labute approximate surface area is 58.3 Å². The van der Waals surface area contributed by atoms with E-state index >= 15 is 0 Å². The summed E-state index contributed by atoms with van der Waals surface area (Å²) in [5.41, 5.74) is 0. The maximum absolute atomic E-state index is 9.95. The van der Waals surface area contributed by atoms with Crippen LogP contribution in [-0.4, -0.2) is 22.7 Å². The van der Waals surface area contributed by atoms with Crippen molar-refractivity contribution in [1.29, 1.82) is 0 Å². The van der Waals surface area contributed by atoms with Crippen LogP contribution in [0.2, 0.25) is 0 Å². The predicted octanol–water partition coefficient (Wildman–Crippen LogP) is 0.200. The molecule has 4 heteroatoms. The lowest BCUT2D eigenvalue weighted by atomic mass is 10.1. The third-order valence-corrected chi connectivity index (χ3v) is 1.53. The van der Waals surface area contributed by atoms with Gasteiger partial charge in [0.25, 0.3) is 0 Å². The molecule has 0 saturated heterocycles. The fraction of sp³-hybridized carbons (Fsp3) is 0.667. The highest BCUT2D eigenvalue weighted by molar-refractivity contribution is 5.02. The largest absolute Gasteiger partial charge is 0.389 e. The van der Waals surface area contributed by atoms with Gasteiger partial charge in [-0.2, -0.15) is 0 Å². The summed E-state index contributed by atoms with van der Waals surface area (Å²) in [7, 11) is 0. The van der Waals surface area contributed by atoms with Crippen LogP contribution in [0.5, 0.6) is 0 Å². The number of hydrogen-bond acceptors (Lipinski definition) is 3. The van der Waals surface area contributed by atoms with Crippen LogP contribution in [0.4, 0.5) is 0 Å². The van der Waals surface area contributed by atoms with Crippen LogP contribution in [-0.2, 0) is 0 Å². The Morgan fingerprint density at radius 3 is 2.80 bits per heavy atom. The van der Waals surface area contributed by atoms with E-state index in [0.29, 0.717) is 6.42 Å². The maximum atomic E-state index is 9.95. The van der Waals surface area contributed by atoms with Crippen LogP contribution in [0.1, 0.15) is 6.42 Å². The summed E-state index contributed by atoms with van der Waals surface area (Å²) in [5, 5.41) is 18.9. The molecule has 1 rings (SSSR count). The first kappa shape index (κ1) is 7.21. The topological polar surface area (TPSA) is 63.4 Å². The van der Waals surface area contributed by atoms with Crippen molar-refractivity contribution >= 4 is 0 Å². The Morgan fingerprint density at radius 1 is 1.70 bits per heavy atom. The molecule has 0 aliphatic heterocycles. The molecular weight excluding hydrogens is 134 g/mol. The molecular formula is C6H9NO3. The van der Waals surface area contributed by atoms with Gasteiger partial charge in [0.2, 0.25) is 6.54 Å². The average molecular weight is 143 g/mol. The van der Waals surface area contributed by atoms with Crippen molar-refractivity contribution in [1.82, 2.24) is 0 Å². The van der Waals surface area contributed by atoms with Gasteiger partial charge in [-0.25, -0.2) is 0 Å². The Kier molecular flexibility index (Phi) is 2.01. The molecule has 0 fully saturated rings. The Morgan fingerprint density at radius 2 is 2.40 bits per heavy atom. The lowest BCUT2D eigenvalue weighted by molar-refractivity contribution is -0.486. The molecule has 1 aliphatic rings. The minimum Gasteiger partial charge on any atom is -0.389 e. The van der Waals surface area contributed by atoms with Crippen LogP contribution >= 0.6 is 0 Å². The zero-order valence-corrected chi connectivity index (χ0v) is 5.43. The summed E-state index contributed by atoms with van der Waals surface area (Å²) in [6, 6.07) is 0. The molecule has 0 unspecified atom stereocenters. The van der Waals surface area contributed by atoms with Gasteiger partial charge in [0.05, 0.1) is 6.10 Å². The number of aliphatic hydroxyl groups excluding tert-OH is 1. The highest BCUT2D eigenvalue weighted by Gasteiger charge is 2.20. The van der Waals surface area contributed by atoms with Crippen molar-refractivity contribution in [3.05, 3.63) is 22.3 Å². The monoisotopic (exact) mass is 143 g/mol. The quantitative estimate of drug-likeness (QED) is 0.341. The third kappa shape index (κ3) is 1.80. The molecule has 0 aromatic carbocycles. The van der Waals surface area contributed by atoms with Gasteiger partial charge in [0, 0.05) is 10.8 Å². The van der Waals surface area contributed by atoms with Gasteiger partial charge >= 0.3 is 0 Å². The molecule has 0 bridgehead atoms. The van der Waals surface area contributed by atoms with Gasteiger partial charge < -0.3 is 5.11 Å². The summed E-state index contributed by atoms with van der Waals surface area (Å²) in [5.74, 6) is -0.0648. The second kappa shape index (κ2) is 2.79. The molecule has 2 atom stereocenters. The molecule has 0 aromatic rings. The van der Waals surface area contributed by atoms with Crippen molar-refractivity contribution < 1.29 is 10.0 Å². The molecule has 0 saturated carbocycles. The van der Waals surface area contributed by atoms with Gasteiger partial charge in [-0.15, -0.1) is 0 Å². The zero-order chi connectivity index (χ0) is 7.56. The molecule has 1 N–H and O–H groups in total. The van der Waals surface area contributed by atoms with Gasteiger partial charge in [-0.05, 0) is 6.42 Å². The van der Waals surface area contributed by atoms with Crippen molar-refractivity contribution in [3.63, 3.8) is 0 Å². The fourth-order valence-corrected chi connectivity index (χ4v) is 1.08. The van der Waals surface area contributed by atoms with Crippen molar-refractivity contribution in [3.8, 4) is 0 Å². The summed E-state index contributed by atoms with van der Waals surface area (Å²) in [4.78, 5) is 9.60. The SMILES string of the molecule is O=[N+]([O-])C[C@@H]1C=C[C@H](O)C1. The van der Waals surface area contributed by atoms with Gasteiger partial charge in [0.1, 0.15) is 0 Å². The lowest BCUT2D eigenvalue weighted by Gasteiger charge is -2.01. The summed E-state index contributed by atoms with van der Waals surface area (Å²) in [6.07, 6.45) is 3.34. The molecule has 0 heterocycles. The Balaban J connectivity index is 2.33. The number of nitro groups is 1. The molecule has 0 amide bonds. The standard InChI is InChI=1S/C6H9NO3/c8-6-2-1-5(3-6)4-7(9)10/h1-2,5-6,8H,3-4H2/t5-,6+/m1/s1. The summed E-state index contributed by atoms with van der Waals surface area (Å²) in [6.45, 7) is -0.0619. The lowest BCUT2D eigenvalue weighted by Crippen LogP contribution is -2.12. The molecule has 4 nitrogen and oxygen atoms in total. The zero-order valence-electron chi connectivity index (χ0n) is 5.43. The van der Waals surface area contributed by atoms with Crippen LogP contribution in [0.15, 0.2) is 12.2 Å². The molecule has 0 radical (unpaired) electrons. The van der Waals surface area contributed by atoms with E-state index in [4.69, 9.17) is 5.11 Å². The molecule has 10 heavy (non-hydrogen) atoms. The fourth-order valence-electron chi connectivity index (χ4n) is 1.08. The van der Waals surface area contributed by atoms with E-state index in [9.17, 15) is 10.1 Å². The number of hydrogen-bond donors (Lipinski definition) is 1. The summed E-state index contributed by atoms with van der Waals surface area (Å²) < 4.78 is 0. The third-order valence-electron chi connectivity index (χ3n) is 1.53. The van der Waals surface area contributed by atoms with Crippen LogP contribution in [0.25, 0.3) is 0 Å². The average Bonchev–Trinajstić information content (AvgIpc) is 2.13. The minimum absolute atomic E-state index is 0.0619. The second-order valence-corrected chi connectivity index (χ2v) is 2.46. The number of rotatable bonds is 2. The van der Waals surface area contributed by atoms with E-state index < -0.39 is 6.10 Å². The Hall–Kier alpha value is -0.900. The van der Waals surface area contributed by atoms with Gasteiger partial charge in [0.15, 0.2) is 0 Å². The number of aliphatic hydroxyl groups is 1. The van der Waals surface area contributed by atoms with Crippen molar-refractivity contribution in [2.75, 3.05) is 6.54 Å². The highest BCUT2D eigenvalue weighted by Crippen LogP contribution is 2.17.